The smallest absolute Gasteiger partial charge is 0.335 e. The van der Waals surface area contributed by atoms with Crippen LogP contribution >= 0.6 is 12.2 Å². The van der Waals surface area contributed by atoms with Crippen molar-refractivity contribution in [1.82, 2.24) is 10.3 Å². The van der Waals surface area contributed by atoms with Gasteiger partial charge in [0.2, 0.25) is 0 Å². The number of hydrogen-bond acceptors (Lipinski definition) is 5. The minimum Gasteiger partial charge on any atom is -0.491 e. The third-order valence-electron chi connectivity index (χ3n) is 5.90. The van der Waals surface area contributed by atoms with Crippen molar-refractivity contribution in [3.63, 3.8) is 0 Å². The van der Waals surface area contributed by atoms with E-state index in [1.807, 2.05) is 79.4 Å². The van der Waals surface area contributed by atoms with E-state index in [1.54, 1.807) is 24.4 Å². The molecular weight excluding hydrogens is 474 g/mol. The van der Waals surface area contributed by atoms with E-state index < -0.39 is 5.97 Å². The molecule has 2 aromatic heterocycles. The van der Waals surface area contributed by atoms with Gasteiger partial charge < -0.3 is 24.5 Å². The lowest BCUT2D eigenvalue weighted by Crippen LogP contribution is -2.29. The number of hydrogen-bond donors (Lipinski definition) is 2. The normalized spacial score (nSPS) is 17.3. The van der Waals surface area contributed by atoms with Crippen LogP contribution in [-0.4, -0.2) is 27.3 Å². The second-order valence-corrected chi connectivity index (χ2v) is 9.13. The summed E-state index contributed by atoms with van der Waals surface area (Å²) in [6, 6.07) is 23.4. The molecule has 1 aliphatic heterocycles. The molecular formula is C28H25N3O4S. The van der Waals surface area contributed by atoms with E-state index in [1.165, 1.54) is 0 Å². The van der Waals surface area contributed by atoms with Crippen molar-refractivity contribution >= 4 is 29.0 Å². The number of thiocarbonyl (C=S) groups is 1. The lowest BCUT2D eigenvalue weighted by molar-refractivity contribution is 0.0697. The highest BCUT2D eigenvalue weighted by atomic mass is 32.1. The predicted molar refractivity (Wildman–Crippen MR) is 141 cm³/mol. The molecule has 0 radical (unpaired) electrons. The Balaban J connectivity index is 1.55. The van der Waals surface area contributed by atoms with E-state index in [0.717, 1.165) is 17.1 Å². The molecule has 0 spiro atoms. The molecule has 36 heavy (non-hydrogen) atoms. The number of nitrogens with one attached hydrogen (secondary N) is 1. The van der Waals surface area contributed by atoms with Crippen LogP contribution in [0.15, 0.2) is 89.5 Å². The average Bonchev–Trinajstić information content (AvgIpc) is 3.49. The quantitative estimate of drug-likeness (QED) is 0.299. The van der Waals surface area contributed by atoms with Gasteiger partial charge in [-0.2, -0.15) is 0 Å². The Morgan fingerprint density at radius 2 is 1.89 bits per heavy atom. The largest absolute Gasteiger partial charge is 0.491 e. The van der Waals surface area contributed by atoms with E-state index in [4.69, 9.17) is 21.4 Å². The van der Waals surface area contributed by atoms with E-state index in [2.05, 4.69) is 10.3 Å². The lowest BCUT2D eigenvalue weighted by Gasteiger charge is -2.26. The van der Waals surface area contributed by atoms with Crippen molar-refractivity contribution in [3.05, 3.63) is 102 Å². The minimum atomic E-state index is -0.986. The fourth-order valence-corrected chi connectivity index (χ4v) is 4.70. The summed E-state index contributed by atoms with van der Waals surface area (Å²) in [4.78, 5) is 18.0. The first-order chi connectivity index (χ1) is 17.4. The van der Waals surface area contributed by atoms with Crippen molar-refractivity contribution in [3.8, 4) is 17.1 Å². The highest BCUT2D eigenvalue weighted by Crippen LogP contribution is 2.43. The van der Waals surface area contributed by atoms with Crippen molar-refractivity contribution in [1.29, 1.82) is 0 Å². The maximum atomic E-state index is 11.4. The van der Waals surface area contributed by atoms with E-state index in [0.29, 0.717) is 22.2 Å². The standard InChI is InChI=1S/C28H25N3O4S/c1-17(2)34-21-11-9-20(10-12-21)31-26(25(30-28(31)36)22-8-3-4-15-29-22)24-14-13-23(35-24)18-6-5-7-19(16-18)27(32)33/h3-17,25-26H,1-2H3,(H,30,36)(H,32,33)/t25-,26+/m0/s1. The van der Waals surface area contributed by atoms with Crippen molar-refractivity contribution < 1.29 is 19.1 Å². The minimum absolute atomic E-state index is 0.0767. The van der Waals surface area contributed by atoms with Crippen LogP contribution in [0.1, 0.15) is 47.7 Å². The molecule has 8 heteroatoms. The van der Waals surface area contributed by atoms with Gasteiger partial charge in [-0.3, -0.25) is 4.98 Å². The van der Waals surface area contributed by atoms with Crippen LogP contribution in [0.2, 0.25) is 0 Å². The lowest BCUT2D eigenvalue weighted by atomic mass is 10.0. The van der Waals surface area contributed by atoms with Crippen LogP contribution in [0.3, 0.4) is 0 Å². The third kappa shape index (κ3) is 4.67. The molecule has 0 aliphatic carbocycles. The summed E-state index contributed by atoms with van der Waals surface area (Å²) in [5.74, 6) is 1.05. The number of nitrogens with zero attached hydrogens (tertiary/aromatic N) is 2. The molecule has 0 saturated carbocycles. The monoisotopic (exact) mass is 499 g/mol. The van der Waals surface area contributed by atoms with Gasteiger partial charge in [0.1, 0.15) is 23.3 Å². The summed E-state index contributed by atoms with van der Waals surface area (Å²) in [5.41, 5.74) is 2.60. The van der Waals surface area contributed by atoms with Gasteiger partial charge in [-0.05, 0) is 86.7 Å². The molecule has 0 bridgehead atoms. The van der Waals surface area contributed by atoms with Gasteiger partial charge in [0.15, 0.2) is 5.11 Å². The molecule has 1 saturated heterocycles. The summed E-state index contributed by atoms with van der Waals surface area (Å²) in [5, 5.41) is 13.3. The van der Waals surface area contributed by atoms with Crippen LogP contribution < -0.4 is 15.0 Å². The van der Waals surface area contributed by atoms with Gasteiger partial charge in [-0.1, -0.05) is 18.2 Å². The molecule has 1 fully saturated rings. The number of aromatic nitrogens is 1. The maximum Gasteiger partial charge on any atom is 0.335 e. The second kappa shape index (κ2) is 9.83. The number of carbonyl (C=O) groups is 1. The SMILES string of the molecule is CC(C)Oc1ccc(N2C(=S)N[C@@H](c3ccccn3)[C@H]2c2ccc(-c3cccc(C(=O)O)c3)o2)cc1. The van der Waals surface area contributed by atoms with Crippen molar-refractivity contribution in [2.75, 3.05) is 4.90 Å². The highest BCUT2D eigenvalue weighted by Gasteiger charge is 2.42. The molecule has 5 rings (SSSR count). The first-order valence-electron chi connectivity index (χ1n) is 11.6. The number of carboxylic acid groups (broad SMARTS) is 1. The molecule has 2 aromatic carbocycles. The van der Waals surface area contributed by atoms with Gasteiger partial charge in [-0.15, -0.1) is 0 Å². The number of furan rings is 1. The Morgan fingerprint density at radius 1 is 1.08 bits per heavy atom. The average molecular weight is 500 g/mol. The molecule has 4 aromatic rings. The number of rotatable bonds is 7. The fourth-order valence-electron chi connectivity index (χ4n) is 4.35. The van der Waals surface area contributed by atoms with Crippen LogP contribution in [0.25, 0.3) is 11.3 Å². The summed E-state index contributed by atoms with van der Waals surface area (Å²) in [6.45, 7) is 3.98. The zero-order chi connectivity index (χ0) is 25.2. The zero-order valence-electron chi connectivity index (χ0n) is 19.8. The predicted octanol–water partition coefficient (Wildman–Crippen LogP) is 6.00. The van der Waals surface area contributed by atoms with Crippen LogP contribution in [-0.2, 0) is 0 Å². The number of benzene rings is 2. The Labute approximate surface area is 214 Å². The molecule has 182 valence electrons. The Bertz CT molecular complexity index is 1390. The molecule has 0 unspecified atom stereocenters. The highest BCUT2D eigenvalue weighted by molar-refractivity contribution is 7.80. The number of anilines is 1. The number of ether oxygens (including phenoxy) is 1. The van der Waals surface area contributed by atoms with E-state index in [-0.39, 0.29) is 23.8 Å². The van der Waals surface area contributed by atoms with Crippen LogP contribution in [0.4, 0.5) is 5.69 Å². The first kappa shape index (κ1) is 23.6. The number of carboxylic acids is 1. The van der Waals surface area contributed by atoms with Gasteiger partial charge >= 0.3 is 5.97 Å². The number of pyridine rings is 1. The number of aromatic carboxylic acids is 1. The third-order valence-corrected chi connectivity index (χ3v) is 6.21. The van der Waals surface area contributed by atoms with Crippen LogP contribution in [0, 0.1) is 0 Å². The van der Waals surface area contributed by atoms with Crippen molar-refractivity contribution in [2.24, 2.45) is 0 Å². The topological polar surface area (TPSA) is 87.8 Å². The summed E-state index contributed by atoms with van der Waals surface area (Å²) < 4.78 is 12.1. The maximum absolute atomic E-state index is 11.4. The van der Waals surface area contributed by atoms with Gasteiger partial charge in [0.25, 0.3) is 0 Å². The summed E-state index contributed by atoms with van der Waals surface area (Å²) in [7, 11) is 0. The Hall–Kier alpha value is -4.17. The summed E-state index contributed by atoms with van der Waals surface area (Å²) >= 11 is 5.77. The molecule has 7 nitrogen and oxygen atoms in total. The van der Waals surface area contributed by atoms with E-state index >= 15 is 0 Å². The summed E-state index contributed by atoms with van der Waals surface area (Å²) in [6.07, 6.45) is 1.83. The van der Waals surface area contributed by atoms with Crippen molar-refractivity contribution in [2.45, 2.75) is 32.0 Å². The van der Waals surface area contributed by atoms with Gasteiger partial charge in [-0.25, -0.2) is 4.79 Å². The molecule has 1 aliphatic rings. The molecule has 0 amide bonds. The fraction of sp³-hybridized carbons (Fsp3) is 0.179. The molecule has 3 heterocycles. The van der Waals surface area contributed by atoms with Crippen LogP contribution in [0.5, 0.6) is 5.75 Å². The van der Waals surface area contributed by atoms with E-state index in [9.17, 15) is 9.90 Å². The molecule has 2 atom stereocenters. The second-order valence-electron chi connectivity index (χ2n) is 8.75. The Morgan fingerprint density at radius 3 is 2.58 bits per heavy atom. The molecule has 2 N–H and O–H groups in total. The Kier molecular flexibility index (Phi) is 6.43. The zero-order valence-corrected chi connectivity index (χ0v) is 20.6. The van der Waals surface area contributed by atoms with Gasteiger partial charge in [0, 0.05) is 17.4 Å². The first-order valence-corrected chi connectivity index (χ1v) is 12.0. The van der Waals surface area contributed by atoms with Gasteiger partial charge in [0.05, 0.1) is 23.4 Å².